The zero-order valence-electron chi connectivity index (χ0n) is 11.9. The molecule has 1 atom stereocenters. The number of benzene rings is 1. The van der Waals surface area contributed by atoms with Crippen LogP contribution in [-0.4, -0.2) is 15.6 Å². The predicted molar refractivity (Wildman–Crippen MR) is 86.6 cm³/mol. The highest BCUT2D eigenvalue weighted by Gasteiger charge is 2.44. The Bertz CT molecular complexity index is 372. The normalized spacial score (nSPS) is 21.6. The Labute approximate surface area is 120 Å². The molecule has 0 amide bonds. The molecular formula is C16H24S2. The van der Waals surface area contributed by atoms with Gasteiger partial charge in [-0.1, -0.05) is 51.1 Å². The van der Waals surface area contributed by atoms with Crippen molar-refractivity contribution in [2.24, 2.45) is 5.41 Å². The van der Waals surface area contributed by atoms with Gasteiger partial charge in [0, 0.05) is 5.92 Å². The van der Waals surface area contributed by atoms with Gasteiger partial charge in [-0.2, -0.15) is 0 Å². The van der Waals surface area contributed by atoms with Gasteiger partial charge in [0.1, 0.15) is 0 Å². The highest BCUT2D eigenvalue weighted by molar-refractivity contribution is 8.18. The van der Waals surface area contributed by atoms with Crippen LogP contribution in [0.5, 0.6) is 0 Å². The molecule has 0 aliphatic carbocycles. The van der Waals surface area contributed by atoms with Gasteiger partial charge in [0.25, 0.3) is 0 Å². The monoisotopic (exact) mass is 280 g/mol. The smallest absolute Gasteiger partial charge is 0.0656 e. The third-order valence-corrected chi connectivity index (χ3v) is 6.90. The Kier molecular flexibility index (Phi) is 4.38. The molecule has 1 saturated heterocycles. The highest BCUT2D eigenvalue weighted by atomic mass is 32.2. The van der Waals surface area contributed by atoms with Crippen LogP contribution >= 0.6 is 23.5 Å². The largest absolute Gasteiger partial charge is 0.144 e. The highest BCUT2D eigenvalue weighted by Crippen LogP contribution is 2.56. The standard InChI is InChI=1S/C16H24S2/c1-15(2,3)14(13-9-6-5-7-10-13)16(4)17-11-8-12-18-16/h5-7,9-10,14H,8,11-12H2,1-4H3. The Hall–Kier alpha value is -0.0800. The van der Waals surface area contributed by atoms with E-state index in [1.807, 2.05) is 0 Å². The minimum absolute atomic E-state index is 0.299. The van der Waals surface area contributed by atoms with Gasteiger partial charge >= 0.3 is 0 Å². The Morgan fingerprint density at radius 3 is 2.11 bits per heavy atom. The summed E-state index contributed by atoms with van der Waals surface area (Å²) in [6.45, 7) is 9.59. The van der Waals surface area contributed by atoms with Crippen LogP contribution in [0.15, 0.2) is 30.3 Å². The maximum Gasteiger partial charge on any atom is 0.0656 e. The lowest BCUT2D eigenvalue weighted by atomic mass is 9.74. The van der Waals surface area contributed by atoms with Crippen LogP contribution in [0.4, 0.5) is 0 Å². The fourth-order valence-corrected chi connectivity index (χ4v) is 6.77. The lowest BCUT2D eigenvalue weighted by Crippen LogP contribution is -2.37. The van der Waals surface area contributed by atoms with Crippen molar-refractivity contribution < 1.29 is 0 Å². The van der Waals surface area contributed by atoms with Crippen molar-refractivity contribution in [1.82, 2.24) is 0 Å². The number of hydrogen-bond acceptors (Lipinski definition) is 2. The zero-order chi connectivity index (χ0) is 13.2. The molecule has 0 radical (unpaired) electrons. The molecule has 0 nitrogen and oxygen atoms in total. The number of thioether (sulfide) groups is 2. The van der Waals surface area contributed by atoms with Gasteiger partial charge < -0.3 is 0 Å². The molecule has 2 heteroatoms. The summed E-state index contributed by atoms with van der Waals surface area (Å²) in [5.41, 5.74) is 1.79. The average Bonchev–Trinajstić information content (AvgIpc) is 2.29. The third-order valence-electron chi connectivity index (χ3n) is 3.59. The SMILES string of the molecule is CC(C)(C)C(c1ccccc1)C1(C)SCCCS1. The molecule has 100 valence electrons. The van der Waals surface area contributed by atoms with Crippen LogP contribution in [0, 0.1) is 5.41 Å². The summed E-state index contributed by atoms with van der Waals surface area (Å²) >= 11 is 4.32. The molecule has 0 N–H and O–H groups in total. The maximum atomic E-state index is 2.45. The van der Waals surface area contributed by atoms with Crippen LogP contribution in [0.1, 0.15) is 45.6 Å². The van der Waals surface area contributed by atoms with Crippen molar-refractivity contribution in [3.05, 3.63) is 35.9 Å². The van der Waals surface area contributed by atoms with E-state index in [1.54, 1.807) is 0 Å². The molecular weight excluding hydrogens is 256 g/mol. The van der Waals surface area contributed by atoms with Gasteiger partial charge in [-0.05, 0) is 35.8 Å². The zero-order valence-corrected chi connectivity index (χ0v) is 13.5. The summed E-state index contributed by atoms with van der Waals surface area (Å²) in [6, 6.07) is 11.1. The molecule has 1 aromatic carbocycles. The van der Waals surface area contributed by atoms with Crippen LogP contribution in [0.3, 0.4) is 0 Å². The molecule has 0 aromatic heterocycles. The van der Waals surface area contributed by atoms with Gasteiger partial charge in [-0.25, -0.2) is 0 Å². The molecule has 0 saturated carbocycles. The summed E-state index contributed by atoms with van der Waals surface area (Å²) in [4.78, 5) is 0. The molecule has 1 fully saturated rings. The minimum atomic E-state index is 0.299. The topological polar surface area (TPSA) is 0 Å². The lowest BCUT2D eigenvalue weighted by molar-refractivity contribution is 0.307. The Balaban J connectivity index is 2.37. The second-order valence-corrected chi connectivity index (χ2v) is 9.62. The Morgan fingerprint density at radius 1 is 1.06 bits per heavy atom. The first kappa shape index (κ1) is 14.3. The van der Waals surface area contributed by atoms with E-state index >= 15 is 0 Å². The van der Waals surface area contributed by atoms with Crippen LogP contribution in [-0.2, 0) is 0 Å². The van der Waals surface area contributed by atoms with E-state index in [9.17, 15) is 0 Å². The van der Waals surface area contributed by atoms with Crippen molar-refractivity contribution in [1.29, 1.82) is 0 Å². The molecule has 0 bridgehead atoms. The van der Waals surface area contributed by atoms with Crippen molar-refractivity contribution in [3.8, 4) is 0 Å². The summed E-state index contributed by atoms with van der Waals surface area (Å²) < 4.78 is 0.317. The van der Waals surface area contributed by atoms with Crippen molar-refractivity contribution in [2.45, 2.75) is 44.1 Å². The van der Waals surface area contributed by atoms with Crippen LogP contribution in [0.25, 0.3) is 0 Å². The fourth-order valence-electron chi connectivity index (χ4n) is 3.05. The molecule has 1 aliphatic rings. The van der Waals surface area contributed by atoms with Crippen molar-refractivity contribution in [2.75, 3.05) is 11.5 Å². The second kappa shape index (κ2) is 5.50. The third kappa shape index (κ3) is 3.08. The van der Waals surface area contributed by atoms with E-state index in [-0.39, 0.29) is 0 Å². The molecule has 1 heterocycles. The van der Waals surface area contributed by atoms with Crippen LogP contribution < -0.4 is 0 Å². The summed E-state index contributed by atoms with van der Waals surface area (Å²) in [6.07, 6.45) is 1.36. The van der Waals surface area contributed by atoms with Gasteiger partial charge in [0.15, 0.2) is 0 Å². The molecule has 1 aromatic rings. The van der Waals surface area contributed by atoms with Gasteiger partial charge in [0.2, 0.25) is 0 Å². The van der Waals surface area contributed by atoms with Crippen LogP contribution in [0.2, 0.25) is 0 Å². The summed E-state index contributed by atoms with van der Waals surface area (Å²) in [7, 11) is 0. The summed E-state index contributed by atoms with van der Waals surface area (Å²) in [5, 5.41) is 0. The van der Waals surface area contributed by atoms with E-state index in [0.717, 1.165) is 0 Å². The average molecular weight is 281 g/mol. The number of hydrogen-bond donors (Lipinski definition) is 0. The molecule has 18 heavy (non-hydrogen) atoms. The van der Waals surface area contributed by atoms with Gasteiger partial charge in [0.05, 0.1) is 4.08 Å². The predicted octanol–water partition coefficient (Wildman–Crippen LogP) is 5.40. The molecule has 2 rings (SSSR count). The molecule has 0 spiro atoms. The minimum Gasteiger partial charge on any atom is -0.144 e. The van der Waals surface area contributed by atoms with Crippen molar-refractivity contribution >= 4 is 23.5 Å². The second-order valence-electron chi connectivity index (χ2n) is 6.28. The first-order valence-corrected chi connectivity index (χ1v) is 8.73. The van der Waals surface area contributed by atoms with E-state index in [1.165, 1.54) is 23.5 Å². The first-order chi connectivity index (χ1) is 8.43. The fraction of sp³-hybridized carbons (Fsp3) is 0.625. The molecule has 1 aliphatic heterocycles. The van der Waals surface area contributed by atoms with E-state index in [4.69, 9.17) is 0 Å². The van der Waals surface area contributed by atoms with E-state index in [0.29, 0.717) is 15.4 Å². The van der Waals surface area contributed by atoms with E-state index < -0.39 is 0 Å². The van der Waals surface area contributed by atoms with Crippen molar-refractivity contribution in [3.63, 3.8) is 0 Å². The lowest BCUT2D eigenvalue weighted by Gasteiger charge is -2.46. The first-order valence-electron chi connectivity index (χ1n) is 6.76. The quantitative estimate of drug-likeness (QED) is 0.711. The maximum absolute atomic E-state index is 2.45. The molecule has 1 unspecified atom stereocenters. The summed E-state index contributed by atoms with van der Waals surface area (Å²) in [5.74, 6) is 3.22. The van der Waals surface area contributed by atoms with Gasteiger partial charge in [-0.15, -0.1) is 23.5 Å². The van der Waals surface area contributed by atoms with Gasteiger partial charge in [-0.3, -0.25) is 0 Å². The Morgan fingerprint density at radius 2 is 1.61 bits per heavy atom. The van der Waals surface area contributed by atoms with E-state index in [2.05, 4.69) is 81.6 Å². The number of rotatable bonds is 2.